The summed E-state index contributed by atoms with van der Waals surface area (Å²) in [5, 5.41) is 8.60. The Kier molecular flexibility index (Phi) is 5.38. The Morgan fingerprint density at radius 3 is 2.56 bits per heavy atom. The van der Waals surface area contributed by atoms with Crippen molar-refractivity contribution in [3.8, 4) is 11.3 Å². The van der Waals surface area contributed by atoms with Crippen LogP contribution in [0.2, 0.25) is 0 Å². The molecule has 0 aliphatic carbocycles. The smallest absolute Gasteiger partial charge is 0.227 e. The number of hydrogen-bond donors (Lipinski definition) is 1. The van der Waals surface area contributed by atoms with Crippen LogP contribution >= 0.6 is 11.3 Å². The van der Waals surface area contributed by atoms with Gasteiger partial charge in [-0.1, -0.05) is 41.2 Å². The Morgan fingerprint density at radius 2 is 1.88 bits per heavy atom. The van der Waals surface area contributed by atoms with Crippen LogP contribution in [-0.2, 0) is 4.79 Å². The summed E-state index contributed by atoms with van der Waals surface area (Å²) in [7, 11) is 0. The molecule has 5 rings (SSSR count). The molecule has 1 saturated heterocycles. The molecule has 0 radical (unpaired) electrons. The normalized spacial score (nSPS) is 14.8. The highest BCUT2D eigenvalue weighted by molar-refractivity contribution is 7.20. The van der Waals surface area contributed by atoms with Crippen LogP contribution in [0.4, 0.5) is 15.2 Å². The number of carbonyl (C=O) groups excluding carboxylic acids is 1. The minimum absolute atomic E-state index is 0.00367. The zero-order valence-corrected chi connectivity index (χ0v) is 18.8. The molecule has 3 heterocycles. The second kappa shape index (κ2) is 8.35. The van der Waals surface area contributed by atoms with Gasteiger partial charge in [0.15, 0.2) is 0 Å². The first-order valence-electron chi connectivity index (χ1n) is 10.7. The first-order chi connectivity index (χ1) is 15.5. The number of rotatable bonds is 4. The molecule has 1 aliphatic rings. The van der Waals surface area contributed by atoms with E-state index in [1.165, 1.54) is 17.7 Å². The predicted octanol–water partition coefficient (Wildman–Crippen LogP) is 5.07. The lowest BCUT2D eigenvalue weighted by Gasteiger charge is -2.30. The van der Waals surface area contributed by atoms with E-state index >= 15 is 0 Å². The van der Waals surface area contributed by atoms with Gasteiger partial charge in [0.2, 0.25) is 16.0 Å². The standard InChI is InChI=1S/C24H24FN5OS/c1-15-3-5-17(6-4-15)21-14-30-23(27-21)32-24(28-30)29-11-9-18(10-12-29)22(31)26-20-8-7-19(25)13-16(20)2/h3-8,13-14,18H,9-12H2,1-2H3,(H,26,31). The molecule has 164 valence electrons. The van der Waals surface area contributed by atoms with E-state index in [0.717, 1.165) is 52.8 Å². The Balaban J connectivity index is 1.22. The second-order valence-corrected chi connectivity index (χ2v) is 9.25. The lowest BCUT2D eigenvalue weighted by atomic mass is 9.96. The number of aryl methyl sites for hydroxylation is 2. The van der Waals surface area contributed by atoms with Crippen LogP contribution in [0, 0.1) is 25.6 Å². The number of halogens is 1. The van der Waals surface area contributed by atoms with Gasteiger partial charge >= 0.3 is 0 Å². The molecule has 2 aromatic carbocycles. The quantitative estimate of drug-likeness (QED) is 0.473. The van der Waals surface area contributed by atoms with Crippen molar-refractivity contribution >= 4 is 33.0 Å². The molecule has 0 bridgehead atoms. The van der Waals surface area contributed by atoms with Gasteiger partial charge in [0, 0.05) is 30.3 Å². The third-order valence-electron chi connectivity index (χ3n) is 5.96. The first kappa shape index (κ1) is 20.6. The SMILES string of the molecule is Cc1ccc(-c2cn3nc(N4CCC(C(=O)Nc5ccc(F)cc5C)CC4)sc3n2)cc1. The summed E-state index contributed by atoms with van der Waals surface area (Å²) < 4.78 is 15.1. The molecule has 4 aromatic rings. The number of imidazole rings is 1. The topological polar surface area (TPSA) is 62.5 Å². The number of carbonyl (C=O) groups is 1. The van der Waals surface area contributed by atoms with Crippen molar-refractivity contribution in [2.45, 2.75) is 26.7 Å². The van der Waals surface area contributed by atoms with E-state index < -0.39 is 0 Å². The van der Waals surface area contributed by atoms with E-state index in [9.17, 15) is 9.18 Å². The summed E-state index contributed by atoms with van der Waals surface area (Å²) in [4.78, 5) is 20.5. The lowest BCUT2D eigenvalue weighted by Crippen LogP contribution is -2.38. The van der Waals surface area contributed by atoms with E-state index in [1.807, 2.05) is 10.7 Å². The van der Waals surface area contributed by atoms with Gasteiger partial charge in [-0.2, -0.15) is 0 Å². The zero-order chi connectivity index (χ0) is 22.2. The van der Waals surface area contributed by atoms with Crippen LogP contribution in [-0.4, -0.2) is 33.6 Å². The molecule has 0 spiro atoms. The molecule has 1 aliphatic heterocycles. The Hall–Kier alpha value is -3.26. The van der Waals surface area contributed by atoms with Gasteiger partial charge in [0.25, 0.3) is 0 Å². The number of hydrogen-bond acceptors (Lipinski definition) is 5. The van der Waals surface area contributed by atoms with Gasteiger partial charge in [0.1, 0.15) is 5.82 Å². The monoisotopic (exact) mass is 449 g/mol. The van der Waals surface area contributed by atoms with Crippen molar-refractivity contribution in [3.63, 3.8) is 0 Å². The van der Waals surface area contributed by atoms with Gasteiger partial charge in [-0.15, -0.1) is 5.10 Å². The third-order valence-corrected chi connectivity index (χ3v) is 6.95. The molecule has 6 nitrogen and oxygen atoms in total. The molecule has 32 heavy (non-hydrogen) atoms. The van der Waals surface area contributed by atoms with Gasteiger partial charge < -0.3 is 10.2 Å². The van der Waals surface area contributed by atoms with Crippen molar-refractivity contribution < 1.29 is 9.18 Å². The summed E-state index contributed by atoms with van der Waals surface area (Å²) in [5.41, 5.74) is 4.62. The number of nitrogens with zero attached hydrogens (tertiary/aromatic N) is 4. The average molecular weight is 450 g/mol. The van der Waals surface area contributed by atoms with Gasteiger partial charge in [-0.25, -0.2) is 13.9 Å². The maximum atomic E-state index is 13.3. The molecule has 0 unspecified atom stereocenters. The Labute approximate surface area is 189 Å². The van der Waals surface area contributed by atoms with Gasteiger partial charge in [0.05, 0.1) is 11.9 Å². The van der Waals surface area contributed by atoms with Gasteiger partial charge in [-0.05, 0) is 50.5 Å². The fourth-order valence-electron chi connectivity index (χ4n) is 4.02. The maximum absolute atomic E-state index is 13.3. The van der Waals surface area contributed by atoms with Crippen LogP contribution in [0.5, 0.6) is 0 Å². The highest BCUT2D eigenvalue weighted by Crippen LogP contribution is 2.30. The second-order valence-electron chi connectivity index (χ2n) is 8.31. The lowest BCUT2D eigenvalue weighted by molar-refractivity contribution is -0.120. The fraction of sp³-hybridized carbons (Fsp3) is 0.292. The van der Waals surface area contributed by atoms with E-state index in [0.29, 0.717) is 5.69 Å². The van der Waals surface area contributed by atoms with Crippen molar-refractivity contribution in [1.29, 1.82) is 0 Å². The summed E-state index contributed by atoms with van der Waals surface area (Å²) in [6.07, 6.45) is 3.47. The zero-order valence-electron chi connectivity index (χ0n) is 18.0. The summed E-state index contributed by atoms with van der Waals surface area (Å²) in [5.74, 6) is -0.362. The van der Waals surface area contributed by atoms with Crippen molar-refractivity contribution in [3.05, 3.63) is 65.6 Å². The van der Waals surface area contributed by atoms with Crippen molar-refractivity contribution in [1.82, 2.24) is 14.6 Å². The molecule has 1 amide bonds. The number of fused-ring (bicyclic) bond motifs is 1. The molecule has 1 fully saturated rings. The highest BCUT2D eigenvalue weighted by Gasteiger charge is 2.27. The summed E-state index contributed by atoms with van der Waals surface area (Å²) in [6.45, 7) is 5.40. The summed E-state index contributed by atoms with van der Waals surface area (Å²) >= 11 is 1.57. The molecule has 0 atom stereocenters. The van der Waals surface area contributed by atoms with Gasteiger partial charge in [-0.3, -0.25) is 4.79 Å². The first-order valence-corrected chi connectivity index (χ1v) is 11.5. The predicted molar refractivity (Wildman–Crippen MR) is 126 cm³/mol. The molecule has 2 aromatic heterocycles. The number of piperidine rings is 1. The molecule has 8 heteroatoms. The Bertz CT molecular complexity index is 1240. The largest absolute Gasteiger partial charge is 0.347 e. The highest BCUT2D eigenvalue weighted by atomic mass is 32.1. The van der Waals surface area contributed by atoms with E-state index in [1.54, 1.807) is 24.3 Å². The number of benzene rings is 2. The molecule has 1 N–H and O–H groups in total. The fourth-order valence-corrected chi connectivity index (χ4v) is 4.95. The van der Waals surface area contributed by atoms with E-state index in [2.05, 4.69) is 41.4 Å². The minimum atomic E-state index is -0.297. The van der Waals surface area contributed by atoms with Crippen molar-refractivity contribution in [2.24, 2.45) is 5.92 Å². The molecular formula is C24H24FN5OS. The number of anilines is 2. The van der Waals surface area contributed by atoms with Crippen LogP contribution in [0.3, 0.4) is 0 Å². The molecular weight excluding hydrogens is 425 g/mol. The van der Waals surface area contributed by atoms with Crippen molar-refractivity contribution in [2.75, 3.05) is 23.3 Å². The average Bonchev–Trinajstić information content (AvgIpc) is 3.36. The third kappa shape index (κ3) is 4.10. The van der Waals surface area contributed by atoms with Crippen LogP contribution in [0.15, 0.2) is 48.7 Å². The maximum Gasteiger partial charge on any atom is 0.227 e. The Morgan fingerprint density at radius 1 is 1.12 bits per heavy atom. The number of amides is 1. The van der Waals surface area contributed by atoms with Crippen LogP contribution in [0.1, 0.15) is 24.0 Å². The van der Waals surface area contributed by atoms with E-state index in [-0.39, 0.29) is 17.6 Å². The summed E-state index contributed by atoms with van der Waals surface area (Å²) in [6, 6.07) is 12.7. The van der Waals surface area contributed by atoms with Crippen LogP contribution in [0.25, 0.3) is 16.2 Å². The number of aromatic nitrogens is 3. The minimum Gasteiger partial charge on any atom is -0.347 e. The van der Waals surface area contributed by atoms with E-state index in [4.69, 9.17) is 10.1 Å². The number of nitrogens with one attached hydrogen (secondary N) is 1. The van der Waals surface area contributed by atoms with Crippen LogP contribution < -0.4 is 10.2 Å². The molecule has 0 saturated carbocycles.